The van der Waals surface area contributed by atoms with Gasteiger partial charge in [-0.15, -0.1) is 10.2 Å². The van der Waals surface area contributed by atoms with E-state index < -0.39 is 0 Å². The monoisotopic (exact) mass is 395 g/mol. The third-order valence-electron chi connectivity index (χ3n) is 5.94. The fourth-order valence-electron chi connectivity index (χ4n) is 4.35. The molecule has 0 saturated carbocycles. The van der Waals surface area contributed by atoms with Gasteiger partial charge in [-0.3, -0.25) is 0 Å². The molecule has 0 bridgehead atoms. The molecule has 1 aromatic heterocycles. The molecule has 0 spiro atoms. The number of nitrogens with zero attached hydrogens (tertiary/aromatic N) is 5. The predicted octanol–water partition coefficient (Wildman–Crippen LogP) is 0.175. The normalized spacial score (nSPS) is 24.1. The summed E-state index contributed by atoms with van der Waals surface area (Å²) >= 11 is 1.79. The maximum atomic E-state index is 13.0. The molecule has 0 aliphatic carbocycles. The number of urea groups is 1. The quantitative estimate of drug-likeness (QED) is 0.720. The number of thioether (sulfide) groups is 1. The first kappa shape index (κ1) is 19.0. The SMILES string of the molecule is Cn1c(SCC[NH+]2CCCC2)nnc1[C@@H]1CCCN1C(=O)N1CCOCC1. The van der Waals surface area contributed by atoms with Gasteiger partial charge in [0.25, 0.3) is 0 Å². The minimum absolute atomic E-state index is 0.0383. The van der Waals surface area contributed by atoms with Gasteiger partial charge in [-0.2, -0.15) is 0 Å². The minimum atomic E-state index is 0.0383. The van der Waals surface area contributed by atoms with Crippen LogP contribution in [0.1, 0.15) is 37.5 Å². The maximum absolute atomic E-state index is 13.0. The van der Waals surface area contributed by atoms with Gasteiger partial charge in [0.05, 0.1) is 44.6 Å². The summed E-state index contributed by atoms with van der Waals surface area (Å²) in [5.74, 6) is 1.99. The lowest BCUT2D eigenvalue weighted by atomic mass is 10.2. The molecule has 3 saturated heterocycles. The van der Waals surface area contributed by atoms with Crippen molar-refractivity contribution < 1.29 is 14.4 Å². The zero-order valence-corrected chi connectivity index (χ0v) is 17.0. The Kier molecular flexibility index (Phi) is 6.19. The molecular weight excluding hydrogens is 364 g/mol. The van der Waals surface area contributed by atoms with Crippen molar-refractivity contribution in [3.05, 3.63) is 5.82 Å². The van der Waals surface area contributed by atoms with Crippen molar-refractivity contribution in [2.24, 2.45) is 7.05 Å². The first-order chi connectivity index (χ1) is 13.2. The van der Waals surface area contributed by atoms with Gasteiger partial charge < -0.3 is 24.0 Å². The third kappa shape index (κ3) is 4.25. The van der Waals surface area contributed by atoms with Crippen LogP contribution in [0.2, 0.25) is 0 Å². The van der Waals surface area contributed by atoms with Crippen LogP contribution < -0.4 is 4.90 Å². The number of hydrogen-bond donors (Lipinski definition) is 1. The number of quaternary nitrogens is 1. The van der Waals surface area contributed by atoms with Gasteiger partial charge >= 0.3 is 6.03 Å². The molecule has 0 unspecified atom stereocenters. The number of likely N-dealkylation sites (tertiary alicyclic amines) is 2. The summed E-state index contributed by atoms with van der Waals surface area (Å²) in [6.45, 7) is 7.24. The van der Waals surface area contributed by atoms with E-state index in [1.165, 1.54) is 32.5 Å². The van der Waals surface area contributed by atoms with Crippen LogP contribution in [0.4, 0.5) is 4.79 Å². The molecule has 1 aromatic rings. The van der Waals surface area contributed by atoms with Gasteiger partial charge in [-0.25, -0.2) is 4.79 Å². The fourth-order valence-corrected chi connectivity index (χ4v) is 5.31. The standard InChI is InChI=1S/C18H30N6O2S/c1-21-16(19-20-17(21)27-14-11-22-6-2-3-7-22)15-5-4-8-24(15)18(25)23-9-12-26-13-10-23/h15H,2-14H2,1H3/p+1/t15-/m0/s1. The summed E-state index contributed by atoms with van der Waals surface area (Å²) in [6.07, 6.45) is 4.71. The average molecular weight is 396 g/mol. The number of amides is 2. The lowest BCUT2D eigenvalue weighted by Gasteiger charge is -2.33. The highest BCUT2D eigenvalue weighted by molar-refractivity contribution is 7.99. The molecule has 9 heteroatoms. The number of carbonyl (C=O) groups is 1. The Balaban J connectivity index is 1.38. The summed E-state index contributed by atoms with van der Waals surface area (Å²) < 4.78 is 7.47. The van der Waals surface area contributed by atoms with Gasteiger partial charge in [0.1, 0.15) is 0 Å². The Hall–Kier alpha value is -1.32. The molecule has 1 atom stereocenters. The molecule has 3 fully saturated rings. The highest BCUT2D eigenvalue weighted by Crippen LogP contribution is 2.33. The van der Waals surface area contributed by atoms with E-state index in [1.54, 1.807) is 16.7 Å². The first-order valence-electron chi connectivity index (χ1n) is 10.2. The van der Waals surface area contributed by atoms with Crippen LogP contribution in [0, 0.1) is 0 Å². The molecule has 1 N–H and O–H groups in total. The van der Waals surface area contributed by atoms with Crippen LogP contribution in [0.3, 0.4) is 0 Å². The number of nitrogens with one attached hydrogen (secondary N) is 1. The van der Waals surface area contributed by atoms with Crippen molar-refractivity contribution in [3.63, 3.8) is 0 Å². The Morgan fingerprint density at radius 2 is 1.96 bits per heavy atom. The predicted molar refractivity (Wildman–Crippen MR) is 103 cm³/mol. The van der Waals surface area contributed by atoms with Gasteiger partial charge in [-0.05, 0) is 12.8 Å². The van der Waals surface area contributed by atoms with E-state index in [-0.39, 0.29) is 12.1 Å². The largest absolute Gasteiger partial charge is 0.378 e. The van der Waals surface area contributed by atoms with E-state index in [9.17, 15) is 4.79 Å². The smallest absolute Gasteiger partial charge is 0.320 e. The summed E-state index contributed by atoms with van der Waals surface area (Å²) in [4.78, 5) is 18.6. The molecule has 4 heterocycles. The van der Waals surface area contributed by atoms with Crippen LogP contribution in [-0.4, -0.2) is 88.8 Å². The summed E-state index contributed by atoms with van der Waals surface area (Å²) in [5.41, 5.74) is 0. The van der Waals surface area contributed by atoms with Crippen molar-refractivity contribution >= 4 is 17.8 Å². The molecule has 0 aromatic carbocycles. The molecule has 3 aliphatic heterocycles. The second kappa shape index (κ2) is 8.79. The number of aromatic nitrogens is 3. The molecule has 150 valence electrons. The summed E-state index contributed by atoms with van der Waals surface area (Å²) in [5, 5.41) is 9.87. The first-order valence-corrected chi connectivity index (χ1v) is 11.2. The number of ether oxygens (including phenoxy) is 1. The van der Waals surface area contributed by atoms with Gasteiger partial charge in [0.15, 0.2) is 11.0 Å². The van der Waals surface area contributed by atoms with Crippen molar-refractivity contribution in [2.75, 3.05) is 58.2 Å². The molecule has 0 radical (unpaired) electrons. The van der Waals surface area contributed by atoms with Crippen LogP contribution in [-0.2, 0) is 11.8 Å². The van der Waals surface area contributed by atoms with Crippen LogP contribution >= 0.6 is 11.8 Å². The van der Waals surface area contributed by atoms with Crippen LogP contribution in [0.5, 0.6) is 0 Å². The van der Waals surface area contributed by atoms with E-state index in [2.05, 4.69) is 14.8 Å². The second-order valence-electron chi connectivity index (χ2n) is 7.69. The van der Waals surface area contributed by atoms with Gasteiger partial charge in [0.2, 0.25) is 0 Å². The zero-order valence-electron chi connectivity index (χ0n) is 16.2. The van der Waals surface area contributed by atoms with E-state index in [0.717, 1.165) is 36.1 Å². The van der Waals surface area contributed by atoms with Crippen LogP contribution in [0.25, 0.3) is 0 Å². The average Bonchev–Trinajstić information content (AvgIpc) is 3.44. The summed E-state index contributed by atoms with van der Waals surface area (Å²) in [6, 6.07) is 0.159. The minimum Gasteiger partial charge on any atom is -0.378 e. The Labute approximate surface area is 165 Å². The molecule has 8 nitrogen and oxygen atoms in total. The Bertz CT molecular complexity index is 642. The second-order valence-corrected chi connectivity index (χ2v) is 8.75. The number of carbonyl (C=O) groups excluding carboxylic acids is 1. The molecule has 27 heavy (non-hydrogen) atoms. The Morgan fingerprint density at radius 3 is 2.74 bits per heavy atom. The molecule has 3 aliphatic rings. The molecule has 2 amide bonds. The van der Waals surface area contributed by atoms with Crippen molar-refractivity contribution in [1.29, 1.82) is 0 Å². The fraction of sp³-hybridized carbons (Fsp3) is 0.833. The highest BCUT2D eigenvalue weighted by Gasteiger charge is 2.36. The van der Waals surface area contributed by atoms with E-state index in [0.29, 0.717) is 26.3 Å². The molecule has 4 rings (SSSR count). The van der Waals surface area contributed by atoms with Crippen molar-refractivity contribution in [2.45, 2.75) is 36.9 Å². The number of hydrogen-bond acceptors (Lipinski definition) is 5. The van der Waals surface area contributed by atoms with E-state index in [4.69, 9.17) is 4.74 Å². The topological polar surface area (TPSA) is 67.9 Å². The van der Waals surface area contributed by atoms with Crippen molar-refractivity contribution in [1.82, 2.24) is 24.6 Å². The van der Waals surface area contributed by atoms with E-state index in [1.807, 2.05) is 16.8 Å². The highest BCUT2D eigenvalue weighted by atomic mass is 32.2. The van der Waals surface area contributed by atoms with Crippen LogP contribution in [0.15, 0.2) is 5.16 Å². The number of morpholine rings is 1. The molecular formula is C18H31N6O2S+. The lowest BCUT2D eigenvalue weighted by Crippen LogP contribution is -3.10. The zero-order chi connectivity index (χ0) is 18.6. The Morgan fingerprint density at radius 1 is 1.19 bits per heavy atom. The van der Waals surface area contributed by atoms with Gasteiger partial charge in [0, 0.05) is 39.5 Å². The maximum Gasteiger partial charge on any atom is 0.320 e. The third-order valence-corrected chi connectivity index (χ3v) is 6.97. The van der Waals surface area contributed by atoms with E-state index >= 15 is 0 Å². The lowest BCUT2D eigenvalue weighted by molar-refractivity contribution is -0.884. The number of rotatable bonds is 5. The summed E-state index contributed by atoms with van der Waals surface area (Å²) in [7, 11) is 2.04. The van der Waals surface area contributed by atoms with Gasteiger partial charge in [-0.1, -0.05) is 11.8 Å². The van der Waals surface area contributed by atoms with Crippen molar-refractivity contribution in [3.8, 4) is 0 Å².